The predicted molar refractivity (Wildman–Crippen MR) is 139 cm³/mol. The lowest BCUT2D eigenvalue weighted by Crippen LogP contribution is -2.41. The number of benzene rings is 2. The number of aromatic amines is 1. The number of hydrogen-bond donors (Lipinski definition) is 2. The van der Waals surface area contributed by atoms with Crippen molar-refractivity contribution in [2.24, 2.45) is 0 Å². The SMILES string of the molecule is CCSc1cc(C(=O)N(Cc2ccccc2)c2c(N)n(Cc3ccccc3)c(=O)[nH]c2=O)ccn1. The number of amides is 1. The average molecular weight is 488 g/mol. The van der Waals surface area contributed by atoms with Crippen LogP contribution in [0.25, 0.3) is 0 Å². The highest BCUT2D eigenvalue weighted by Crippen LogP contribution is 2.24. The van der Waals surface area contributed by atoms with Crippen molar-refractivity contribution in [3.05, 3.63) is 117 Å². The number of nitrogens with one attached hydrogen (secondary N) is 1. The van der Waals surface area contributed by atoms with Crippen molar-refractivity contribution >= 4 is 29.2 Å². The van der Waals surface area contributed by atoms with Gasteiger partial charge in [-0.15, -0.1) is 11.8 Å². The minimum atomic E-state index is -0.724. The molecule has 0 unspecified atom stereocenters. The minimum Gasteiger partial charge on any atom is -0.383 e. The maximum absolute atomic E-state index is 13.8. The molecule has 0 saturated heterocycles. The summed E-state index contributed by atoms with van der Waals surface area (Å²) < 4.78 is 1.27. The Labute approximate surface area is 206 Å². The van der Waals surface area contributed by atoms with Gasteiger partial charge >= 0.3 is 5.69 Å². The second-order valence-electron chi connectivity index (χ2n) is 7.76. The fourth-order valence-corrected chi connectivity index (χ4v) is 4.35. The third-order valence-electron chi connectivity index (χ3n) is 5.37. The number of nitrogens with two attached hydrogens (primary N) is 1. The smallest absolute Gasteiger partial charge is 0.330 e. The number of aromatic nitrogens is 3. The molecule has 0 aliphatic carbocycles. The number of nitrogen functional groups attached to an aromatic ring is 1. The molecule has 0 saturated carbocycles. The van der Waals surface area contributed by atoms with Gasteiger partial charge in [-0.1, -0.05) is 67.6 Å². The molecule has 0 radical (unpaired) electrons. The molecule has 2 aromatic heterocycles. The molecule has 0 fully saturated rings. The van der Waals surface area contributed by atoms with Crippen LogP contribution in [-0.2, 0) is 13.1 Å². The van der Waals surface area contributed by atoms with Crippen molar-refractivity contribution in [3.8, 4) is 0 Å². The van der Waals surface area contributed by atoms with E-state index in [2.05, 4.69) is 9.97 Å². The molecule has 2 aromatic carbocycles. The summed E-state index contributed by atoms with van der Waals surface area (Å²) in [5, 5.41) is 0.703. The number of H-pyrrole nitrogens is 1. The number of carbonyl (C=O) groups excluding carboxylic acids is 1. The van der Waals surface area contributed by atoms with E-state index in [1.54, 1.807) is 18.3 Å². The van der Waals surface area contributed by atoms with Crippen molar-refractivity contribution < 1.29 is 4.79 Å². The van der Waals surface area contributed by atoms with Crippen LogP contribution in [0.5, 0.6) is 0 Å². The standard InChI is InChI=1S/C26H25N5O3S/c1-2-35-21-15-20(13-14-28-21)25(33)30(16-18-9-5-3-6-10-18)22-23(27)31(26(34)29-24(22)32)17-19-11-7-4-8-12-19/h3-15H,2,16-17,27H2,1H3,(H,29,32,34). The van der Waals surface area contributed by atoms with Crippen LogP contribution < -0.4 is 21.9 Å². The number of carbonyl (C=O) groups is 1. The zero-order valence-corrected chi connectivity index (χ0v) is 20.0. The molecule has 0 bridgehead atoms. The Morgan fingerprint density at radius 3 is 2.34 bits per heavy atom. The molecule has 0 aliphatic heterocycles. The summed E-state index contributed by atoms with van der Waals surface area (Å²) >= 11 is 1.51. The molecule has 9 heteroatoms. The zero-order valence-electron chi connectivity index (χ0n) is 19.2. The van der Waals surface area contributed by atoms with Crippen molar-refractivity contribution in [3.63, 3.8) is 0 Å². The van der Waals surface area contributed by atoms with E-state index in [0.29, 0.717) is 10.6 Å². The van der Waals surface area contributed by atoms with Gasteiger partial charge in [-0.3, -0.25) is 24.0 Å². The number of hydrogen-bond acceptors (Lipinski definition) is 6. The van der Waals surface area contributed by atoms with Gasteiger partial charge in [-0.2, -0.15) is 0 Å². The number of nitrogens with zero attached hydrogens (tertiary/aromatic N) is 3. The van der Waals surface area contributed by atoms with E-state index in [9.17, 15) is 14.4 Å². The Bertz CT molecular complexity index is 1440. The van der Waals surface area contributed by atoms with Crippen LogP contribution in [0.15, 0.2) is 93.6 Å². The van der Waals surface area contributed by atoms with Gasteiger partial charge in [0.25, 0.3) is 11.5 Å². The third kappa shape index (κ3) is 5.52. The summed E-state index contributed by atoms with van der Waals surface area (Å²) in [6.45, 7) is 2.24. The molecular weight excluding hydrogens is 462 g/mol. The van der Waals surface area contributed by atoms with Gasteiger partial charge in [-0.05, 0) is 29.0 Å². The van der Waals surface area contributed by atoms with Crippen molar-refractivity contribution in [1.82, 2.24) is 14.5 Å². The molecule has 8 nitrogen and oxygen atoms in total. The molecule has 3 N–H and O–H groups in total. The zero-order chi connectivity index (χ0) is 24.8. The van der Waals surface area contributed by atoms with Crippen molar-refractivity contribution in [1.29, 1.82) is 0 Å². The van der Waals surface area contributed by atoms with Gasteiger partial charge in [0, 0.05) is 11.8 Å². The fourth-order valence-electron chi connectivity index (χ4n) is 3.70. The van der Waals surface area contributed by atoms with Crippen LogP contribution in [0.1, 0.15) is 28.4 Å². The number of pyridine rings is 1. The third-order valence-corrected chi connectivity index (χ3v) is 6.18. The van der Waals surface area contributed by atoms with Gasteiger partial charge in [0.2, 0.25) is 0 Å². The van der Waals surface area contributed by atoms with E-state index in [1.807, 2.05) is 67.6 Å². The van der Waals surface area contributed by atoms with Crippen LogP contribution in [0.2, 0.25) is 0 Å². The molecule has 4 rings (SSSR count). The second kappa shape index (κ2) is 10.9. The first kappa shape index (κ1) is 24.0. The summed E-state index contributed by atoms with van der Waals surface area (Å²) in [6, 6.07) is 21.9. The first-order chi connectivity index (χ1) is 17.0. The monoisotopic (exact) mass is 487 g/mol. The average Bonchev–Trinajstić information content (AvgIpc) is 2.87. The van der Waals surface area contributed by atoms with Crippen LogP contribution >= 0.6 is 11.8 Å². The number of thioether (sulfide) groups is 1. The predicted octanol–water partition coefficient (Wildman–Crippen LogP) is 3.52. The minimum absolute atomic E-state index is 0.0732. The van der Waals surface area contributed by atoms with E-state index in [0.717, 1.165) is 16.9 Å². The van der Waals surface area contributed by atoms with E-state index < -0.39 is 17.2 Å². The Kier molecular flexibility index (Phi) is 7.47. The van der Waals surface area contributed by atoms with E-state index in [4.69, 9.17) is 5.73 Å². The van der Waals surface area contributed by atoms with E-state index in [1.165, 1.54) is 21.2 Å². The van der Waals surface area contributed by atoms with Gasteiger partial charge in [-0.25, -0.2) is 9.78 Å². The fraction of sp³-hybridized carbons (Fsp3) is 0.154. The molecule has 1 amide bonds. The van der Waals surface area contributed by atoms with Crippen LogP contribution in [0.4, 0.5) is 11.5 Å². The molecule has 2 heterocycles. The van der Waals surface area contributed by atoms with Crippen LogP contribution in [0, 0.1) is 0 Å². The van der Waals surface area contributed by atoms with Gasteiger partial charge < -0.3 is 5.73 Å². The summed E-state index contributed by atoms with van der Waals surface area (Å²) in [6.07, 6.45) is 1.57. The summed E-state index contributed by atoms with van der Waals surface area (Å²) in [5.41, 5.74) is 6.98. The molecule has 178 valence electrons. The lowest BCUT2D eigenvalue weighted by Gasteiger charge is -2.25. The van der Waals surface area contributed by atoms with Crippen LogP contribution in [0.3, 0.4) is 0 Å². The summed E-state index contributed by atoms with van der Waals surface area (Å²) in [7, 11) is 0. The summed E-state index contributed by atoms with van der Waals surface area (Å²) in [4.78, 5) is 47.4. The molecule has 4 aromatic rings. The first-order valence-corrected chi connectivity index (χ1v) is 12.1. The molecule has 35 heavy (non-hydrogen) atoms. The molecular formula is C26H25N5O3S. The highest BCUT2D eigenvalue weighted by molar-refractivity contribution is 7.99. The summed E-state index contributed by atoms with van der Waals surface area (Å²) in [5.74, 6) is 0.301. The van der Waals surface area contributed by atoms with Gasteiger partial charge in [0.15, 0.2) is 5.69 Å². The number of anilines is 2. The first-order valence-electron chi connectivity index (χ1n) is 11.1. The second-order valence-corrected chi connectivity index (χ2v) is 9.04. The Balaban J connectivity index is 1.83. The Morgan fingerprint density at radius 2 is 1.69 bits per heavy atom. The van der Waals surface area contributed by atoms with Crippen molar-refractivity contribution in [2.45, 2.75) is 25.0 Å². The largest absolute Gasteiger partial charge is 0.383 e. The molecule has 0 aliphatic rings. The molecule has 0 atom stereocenters. The molecule has 0 spiro atoms. The van der Waals surface area contributed by atoms with Gasteiger partial charge in [0.05, 0.1) is 18.1 Å². The Morgan fingerprint density at radius 1 is 1.03 bits per heavy atom. The van der Waals surface area contributed by atoms with E-state index in [-0.39, 0.29) is 24.6 Å². The van der Waals surface area contributed by atoms with E-state index >= 15 is 0 Å². The highest BCUT2D eigenvalue weighted by atomic mass is 32.2. The Hall–Kier alpha value is -4.11. The maximum atomic E-state index is 13.8. The maximum Gasteiger partial charge on any atom is 0.330 e. The lowest BCUT2D eigenvalue weighted by atomic mass is 10.1. The van der Waals surface area contributed by atoms with Crippen molar-refractivity contribution in [2.75, 3.05) is 16.4 Å². The quantitative estimate of drug-likeness (QED) is 0.368. The normalized spacial score (nSPS) is 10.8. The number of rotatable bonds is 8. The van der Waals surface area contributed by atoms with Gasteiger partial charge in [0.1, 0.15) is 5.82 Å². The lowest BCUT2D eigenvalue weighted by molar-refractivity contribution is 0.0984. The highest BCUT2D eigenvalue weighted by Gasteiger charge is 2.26. The van der Waals surface area contributed by atoms with Crippen LogP contribution in [-0.4, -0.2) is 26.2 Å². The topological polar surface area (TPSA) is 114 Å².